The Morgan fingerprint density at radius 2 is 1.56 bits per heavy atom. The minimum Gasteiger partial charge on any atom is -0.493 e. The standard InChI is InChI=1S/C39H42ClN3O5S2/c1-47-39(44)31-12-15-33(16-13-31)48-24-19-34-35-28-32(40)14-17-36(35)43(38(29-8-4-2-5-9-29)30-10-6-3-7-11-30)37(34)18-20-41-50(45,46)27-23-42-21-25-49-26-22-42/h2-17,28,38,41H,18-27H2,1H3. The van der Waals surface area contributed by atoms with E-state index in [1.165, 1.54) is 7.11 Å². The van der Waals surface area contributed by atoms with Crippen molar-refractivity contribution in [2.45, 2.75) is 18.9 Å². The molecule has 1 aromatic heterocycles. The molecule has 6 rings (SSSR count). The number of methoxy groups -OCH3 is 1. The summed E-state index contributed by atoms with van der Waals surface area (Å²) in [6, 6.07) is 33.4. The molecule has 0 saturated carbocycles. The first-order chi connectivity index (χ1) is 24.3. The summed E-state index contributed by atoms with van der Waals surface area (Å²) >= 11 is 8.55. The molecule has 0 unspecified atom stereocenters. The van der Waals surface area contributed by atoms with Gasteiger partial charge >= 0.3 is 5.97 Å². The van der Waals surface area contributed by atoms with E-state index in [2.05, 4.69) is 44.5 Å². The molecule has 2 heterocycles. The van der Waals surface area contributed by atoms with Gasteiger partial charge in [-0.15, -0.1) is 0 Å². The van der Waals surface area contributed by atoms with Gasteiger partial charge in [0, 0.05) is 72.1 Å². The molecule has 1 aliphatic rings. The Labute approximate surface area is 303 Å². The third-order valence-electron chi connectivity index (χ3n) is 9.03. The van der Waals surface area contributed by atoms with Crippen molar-refractivity contribution in [3.05, 3.63) is 136 Å². The van der Waals surface area contributed by atoms with Crippen molar-refractivity contribution in [1.29, 1.82) is 0 Å². The molecule has 5 aromatic rings. The Morgan fingerprint density at radius 3 is 2.20 bits per heavy atom. The Hall–Kier alpha value is -3.80. The first kappa shape index (κ1) is 36.0. The van der Waals surface area contributed by atoms with Crippen LogP contribution in [0.4, 0.5) is 0 Å². The van der Waals surface area contributed by atoms with E-state index >= 15 is 0 Å². The average Bonchev–Trinajstić information content (AvgIpc) is 3.43. The number of fused-ring (bicyclic) bond motifs is 1. The fourth-order valence-corrected chi connectivity index (χ4v) is 8.77. The van der Waals surface area contributed by atoms with Gasteiger partial charge in [0.25, 0.3) is 0 Å². The molecule has 1 N–H and O–H groups in total. The lowest BCUT2D eigenvalue weighted by molar-refractivity contribution is 0.0600. The highest BCUT2D eigenvalue weighted by Crippen LogP contribution is 2.37. The van der Waals surface area contributed by atoms with Gasteiger partial charge in [0.15, 0.2) is 0 Å². The highest BCUT2D eigenvalue weighted by atomic mass is 35.5. The van der Waals surface area contributed by atoms with Crippen molar-refractivity contribution in [1.82, 2.24) is 14.2 Å². The van der Waals surface area contributed by atoms with Crippen molar-refractivity contribution < 1.29 is 22.7 Å². The third-order valence-corrected chi connectivity index (χ3v) is 11.6. The van der Waals surface area contributed by atoms with Gasteiger partial charge in [0.1, 0.15) is 5.75 Å². The maximum atomic E-state index is 13.2. The largest absolute Gasteiger partial charge is 0.493 e. The summed E-state index contributed by atoms with van der Waals surface area (Å²) in [5.41, 5.74) is 5.74. The van der Waals surface area contributed by atoms with Crippen LogP contribution >= 0.6 is 23.4 Å². The number of rotatable bonds is 15. The second kappa shape index (κ2) is 16.9. The summed E-state index contributed by atoms with van der Waals surface area (Å²) < 4.78 is 42.7. The normalized spacial score (nSPS) is 13.9. The van der Waals surface area contributed by atoms with Gasteiger partial charge < -0.3 is 18.9 Å². The van der Waals surface area contributed by atoms with E-state index in [-0.39, 0.29) is 18.3 Å². The van der Waals surface area contributed by atoms with Crippen LogP contribution in [0.15, 0.2) is 103 Å². The van der Waals surface area contributed by atoms with Crippen LogP contribution in [0.5, 0.6) is 5.75 Å². The van der Waals surface area contributed by atoms with Crippen molar-refractivity contribution >= 4 is 50.3 Å². The summed E-state index contributed by atoms with van der Waals surface area (Å²) in [6.45, 7) is 2.98. The van der Waals surface area contributed by atoms with Crippen LogP contribution in [0, 0.1) is 0 Å². The molecule has 1 fully saturated rings. The first-order valence-electron chi connectivity index (χ1n) is 16.8. The SMILES string of the molecule is COC(=O)c1ccc(OCCc2c(CCNS(=O)(=O)CCN3CCSCC3)n(C(c3ccccc3)c3ccccc3)c3ccc(Cl)cc23)cc1. The van der Waals surface area contributed by atoms with Crippen molar-refractivity contribution in [2.24, 2.45) is 0 Å². The van der Waals surface area contributed by atoms with Crippen molar-refractivity contribution in [3.8, 4) is 5.75 Å². The Morgan fingerprint density at radius 1 is 0.900 bits per heavy atom. The molecule has 0 amide bonds. The average molecular weight is 732 g/mol. The maximum Gasteiger partial charge on any atom is 0.337 e. The number of carbonyl (C=O) groups is 1. The number of nitrogens with one attached hydrogen (secondary N) is 1. The summed E-state index contributed by atoms with van der Waals surface area (Å²) in [6.07, 6.45) is 1.01. The first-order valence-corrected chi connectivity index (χ1v) is 20.0. The van der Waals surface area contributed by atoms with Gasteiger partial charge in [-0.25, -0.2) is 17.9 Å². The minimum absolute atomic E-state index is 0.0718. The number of esters is 1. The number of hydrogen-bond donors (Lipinski definition) is 1. The van der Waals surface area contributed by atoms with Crippen molar-refractivity contribution in [3.63, 3.8) is 0 Å². The monoisotopic (exact) mass is 731 g/mol. The van der Waals surface area contributed by atoms with E-state index in [9.17, 15) is 13.2 Å². The molecule has 0 aliphatic carbocycles. The highest BCUT2D eigenvalue weighted by Gasteiger charge is 2.26. The smallest absolute Gasteiger partial charge is 0.337 e. The van der Waals surface area contributed by atoms with E-state index in [0.29, 0.717) is 42.3 Å². The number of carbonyl (C=O) groups excluding carboxylic acids is 1. The molecule has 0 bridgehead atoms. The van der Waals surface area contributed by atoms with Gasteiger partial charge in [-0.2, -0.15) is 11.8 Å². The maximum absolute atomic E-state index is 13.2. The van der Waals surface area contributed by atoms with E-state index in [1.807, 2.05) is 60.3 Å². The van der Waals surface area contributed by atoms with Crippen LogP contribution < -0.4 is 9.46 Å². The molecule has 0 spiro atoms. The van der Waals surface area contributed by atoms with Crippen LogP contribution in [0.1, 0.15) is 38.8 Å². The van der Waals surface area contributed by atoms with Crippen molar-refractivity contribution in [2.75, 3.05) is 57.2 Å². The van der Waals surface area contributed by atoms with Crippen LogP contribution in [0.25, 0.3) is 10.9 Å². The second-order valence-corrected chi connectivity index (χ2v) is 15.8. The topological polar surface area (TPSA) is 89.9 Å². The highest BCUT2D eigenvalue weighted by molar-refractivity contribution is 7.99. The van der Waals surface area contributed by atoms with E-state index in [1.54, 1.807) is 24.3 Å². The lowest BCUT2D eigenvalue weighted by Gasteiger charge is -2.26. The summed E-state index contributed by atoms with van der Waals surface area (Å²) in [5, 5.41) is 1.62. The molecule has 262 valence electrons. The summed E-state index contributed by atoms with van der Waals surface area (Å²) in [5.74, 6) is 2.38. The number of halogens is 1. The molecule has 50 heavy (non-hydrogen) atoms. The second-order valence-electron chi connectivity index (χ2n) is 12.2. The quantitative estimate of drug-likeness (QED) is 0.118. The van der Waals surface area contributed by atoms with Crippen LogP contribution in [0.3, 0.4) is 0 Å². The van der Waals surface area contributed by atoms with Gasteiger partial charge in [-0.3, -0.25) is 0 Å². The van der Waals surface area contributed by atoms with Crippen LogP contribution in [-0.2, 0) is 27.6 Å². The fourth-order valence-electron chi connectivity index (χ4n) is 6.56. The van der Waals surface area contributed by atoms with Gasteiger partial charge in [-0.05, 0) is 59.2 Å². The Balaban J connectivity index is 1.35. The zero-order valence-electron chi connectivity index (χ0n) is 28.1. The minimum atomic E-state index is -3.49. The predicted molar refractivity (Wildman–Crippen MR) is 203 cm³/mol. The van der Waals surface area contributed by atoms with Gasteiger partial charge in [-0.1, -0.05) is 72.3 Å². The molecular weight excluding hydrogens is 690 g/mol. The predicted octanol–water partition coefficient (Wildman–Crippen LogP) is 6.85. The fraction of sp³-hybridized carbons (Fsp3) is 0.308. The Kier molecular flexibility index (Phi) is 12.2. The number of aromatic nitrogens is 1. The molecule has 0 radical (unpaired) electrons. The molecular formula is C39H42ClN3O5S2. The number of ether oxygens (including phenoxy) is 2. The van der Waals surface area contributed by atoms with Crippen LogP contribution in [-0.4, -0.2) is 81.0 Å². The molecule has 4 aromatic carbocycles. The number of benzene rings is 4. The number of thioether (sulfide) groups is 1. The number of sulfonamides is 1. The molecule has 8 nitrogen and oxygen atoms in total. The van der Waals surface area contributed by atoms with E-state index in [0.717, 1.165) is 57.9 Å². The lowest BCUT2D eigenvalue weighted by Crippen LogP contribution is -2.39. The number of nitrogens with zero attached hydrogens (tertiary/aromatic N) is 2. The Bertz CT molecular complexity index is 1940. The molecule has 0 atom stereocenters. The zero-order valence-corrected chi connectivity index (χ0v) is 30.5. The summed E-state index contributed by atoms with van der Waals surface area (Å²) in [7, 11) is -2.14. The molecule has 1 aliphatic heterocycles. The molecule has 1 saturated heterocycles. The lowest BCUT2D eigenvalue weighted by atomic mass is 9.97. The van der Waals surface area contributed by atoms with E-state index < -0.39 is 16.0 Å². The zero-order chi connectivity index (χ0) is 34.9. The number of hydrogen-bond acceptors (Lipinski definition) is 7. The molecule has 11 heteroatoms. The summed E-state index contributed by atoms with van der Waals surface area (Å²) in [4.78, 5) is 14.1. The third kappa shape index (κ3) is 8.91. The van der Waals surface area contributed by atoms with Gasteiger partial charge in [0.05, 0.1) is 31.1 Å². The van der Waals surface area contributed by atoms with Gasteiger partial charge in [0.2, 0.25) is 10.0 Å². The van der Waals surface area contributed by atoms with E-state index in [4.69, 9.17) is 21.1 Å². The van der Waals surface area contributed by atoms with Crippen LogP contribution in [0.2, 0.25) is 5.02 Å².